The molecule has 0 aliphatic heterocycles. The van der Waals surface area contributed by atoms with E-state index in [-0.39, 0.29) is 24.8 Å². The Kier molecular flexibility index (Phi) is 9.60. The average molecular weight is 197 g/mol. The van der Waals surface area contributed by atoms with Crippen LogP contribution in [0.25, 0.3) is 0 Å². The highest BCUT2D eigenvalue weighted by Gasteiger charge is 1.85. The lowest BCUT2D eigenvalue weighted by atomic mass is 10.3. The van der Waals surface area contributed by atoms with Crippen LogP contribution in [0.3, 0.4) is 0 Å². The van der Waals surface area contributed by atoms with Gasteiger partial charge >= 0.3 is 0 Å². The van der Waals surface area contributed by atoms with Crippen molar-refractivity contribution < 1.29 is 0 Å². The molecular weight excluding hydrogens is 183 g/mol. The van der Waals surface area contributed by atoms with Crippen LogP contribution in [-0.4, -0.2) is 9.78 Å². The summed E-state index contributed by atoms with van der Waals surface area (Å²) >= 11 is 0. The van der Waals surface area contributed by atoms with Crippen LogP contribution < -0.4 is 0 Å². The predicted molar refractivity (Wildman–Crippen MR) is 51.6 cm³/mol. The van der Waals surface area contributed by atoms with Crippen molar-refractivity contribution in [1.82, 2.24) is 9.78 Å². The third kappa shape index (κ3) is 5.10. The fraction of sp³-hybridized carbons (Fsp3) is 0.571. The molecule has 1 aromatic heterocycles. The van der Waals surface area contributed by atoms with Crippen molar-refractivity contribution in [2.45, 2.75) is 26.3 Å². The number of aromatic nitrogens is 2. The van der Waals surface area contributed by atoms with Crippen LogP contribution in [0.15, 0.2) is 18.5 Å². The quantitative estimate of drug-likeness (QED) is 0.727. The van der Waals surface area contributed by atoms with Crippen molar-refractivity contribution in [3.8, 4) is 0 Å². The minimum Gasteiger partial charge on any atom is -0.273 e. The molecule has 1 heterocycles. The fourth-order valence-corrected chi connectivity index (χ4v) is 0.753. The van der Waals surface area contributed by atoms with Crippen molar-refractivity contribution in [1.29, 1.82) is 0 Å². The number of unbranched alkanes of at least 4 members (excludes halogenated alkanes) is 1. The topological polar surface area (TPSA) is 17.8 Å². The Hall–Kier alpha value is -0.210. The molecule has 0 saturated heterocycles. The zero-order valence-electron chi connectivity index (χ0n) is 6.56. The second kappa shape index (κ2) is 7.89. The summed E-state index contributed by atoms with van der Waals surface area (Å²) in [6, 6.07) is 1.95. The maximum absolute atomic E-state index is 4.07. The van der Waals surface area contributed by atoms with Crippen molar-refractivity contribution in [3.63, 3.8) is 0 Å². The summed E-state index contributed by atoms with van der Waals surface area (Å²) in [7, 11) is 0. The van der Waals surface area contributed by atoms with E-state index in [0.29, 0.717) is 0 Å². The van der Waals surface area contributed by atoms with Gasteiger partial charge in [-0.2, -0.15) is 5.10 Å². The summed E-state index contributed by atoms with van der Waals surface area (Å²) in [5.41, 5.74) is 0. The first-order valence-corrected chi connectivity index (χ1v) is 3.41. The van der Waals surface area contributed by atoms with E-state index in [1.54, 1.807) is 0 Å². The van der Waals surface area contributed by atoms with Crippen LogP contribution in [0, 0.1) is 0 Å². The second-order valence-corrected chi connectivity index (χ2v) is 2.12. The third-order valence-electron chi connectivity index (χ3n) is 1.30. The highest BCUT2D eigenvalue weighted by atomic mass is 35.5. The van der Waals surface area contributed by atoms with Crippen LogP contribution in [0.4, 0.5) is 0 Å². The summed E-state index contributed by atoms with van der Waals surface area (Å²) in [6.07, 6.45) is 6.27. The van der Waals surface area contributed by atoms with Gasteiger partial charge in [-0.05, 0) is 12.5 Å². The number of halogens is 2. The third-order valence-corrected chi connectivity index (χ3v) is 1.30. The van der Waals surface area contributed by atoms with E-state index in [2.05, 4.69) is 12.0 Å². The van der Waals surface area contributed by atoms with E-state index in [9.17, 15) is 0 Å². The van der Waals surface area contributed by atoms with Gasteiger partial charge in [0.1, 0.15) is 0 Å². The van der Waals surface area contributed by atoms with Crippen LogP contribution in [0.1, 0.15) is 19.8 Å². The number of rotatable bonds is 3. The summed E-state index contributed by atoms with van der Waals surface area (Å²) in [6.45, 7) is 3.24. The molecule has 1 rings (SSSR count). The van der Waals surface area contributed by atoms with Gasteiger partial charge in [0.25, 0.3) is 0 Å². The first-order valence-electron chi connectivity index (χ1n) is 3.41. The zero-order chi connectivity index (χ0) is 6.53. The Bertz CT molecular complexity index is 151. The molecule has 0 spiro atoms. The molecule has 4 heteroatoms. The Morgan fingerprint density at radius 1 is 1.36 bits per heavy atom. The lowest BCUT2D eigenvalue weighted by molar-refractivity contribution is 0.572. The van der Waals surface area contributed by atoms with E-state index < -0.39 is 0 Å². The maximum atomic E-state index is 4.07. The van der Waals surface area contributed by atoms with E-state index in [0.717, 1.165) is 6.54 Å². The Labute approximate surface area is 79.8 Å². The highest BCUT2D eigenvalue weighted by molar-refractivity contribution is 5.85. The first kappa shape index (κ1) is 13.4. The van der Waals surface area contributed by atoms with Crippen molar-refractivity contribution in [2.75, 3.05) is 0 Å². The minimum absolute atomic E-state index is 0. The van der Waals surface area contributed by atoms with Gasteiger partial charge in [0, 0.05) is 18.9 Å². The van der Waals surface area contributed by atoms with Crippen molar-refractivity contribution in [2.24, 2.45) is 0 Å². The molecule has 0 radical (unpaired) electrons. The van der Waals surface area contributed by atoms with E-state index >= 15 is 0 Å². The molecule has 0 atom stereocenters. The lowest BCUT2D eigenvalue weighted by Crippen LogP contribution is -1.96. The monoisotopic (exact) mass is 196 g/mol. The Morgan fingerprint density at radius 2 is 2.09 bits per heavy atom. The van der Waals surface area contributed by atoms with Crippen molar-refractivity contribution >= 4 is 24.8 Å². The number of aryl methyl sites for hydroxylation is 1. The van der Waals surface area contributed by atoms with Gasteiger partial charge in [0.2, 0.25) is 0 Å². The molecular formula is C7H14Cl2N2. The standard InChI is InChI=1S/C7H12N2.2ClH/c1-2-3-6-9-7-4-5-8-9;;/h4-5,7H,2-3,6H2,1H3;2*1H. The molecule has 1 aromatic rings. The van der Waals surface area contributed by atoms with E-state index in [1.807, 2.05) is 23.1 Å². The second-order valence-electron chi connectivity index (χ2n) is 2.12. The molecule has 0 saturated carbocycles. The molecule has 0 unspecified atom stereocenters. The molecule has 0 fully saturated rings. The summed E-state index contributed by atoms with van der Waals surface area (Å²) < 4.78 is 1.96. The largest absolute Gasteiger partial charge is 0.273 e. The maximum Gasteiger partial charge on any atom is 0.0489 e. The SMILES string of the molecule is CCCCn1cccn1.Cl.Cl. The Morgan fingerprint density at radius 3 is 2.55 bits per heavy atom. The van der Waals surface area contributed by atoms with E-state index in [1.165, 1.54) is 12.8 Å². The summed E-state index contributed by atoms with van der Waals surface area (Å²) in [5.74, 6) is 0. The van der Waals surface area contributed by atoms with Gasteiger partial charge in [-0.3, -0.25) is 4.68 Å². The van der Waals surface area contributed by atoms with Gasteiger partial charge in [-0.1, -0.05) is 13.3 Å². The summed E-state index contributed by atoms with van der Waals surface area (Å²) in [5, 5.41) is 4.07. The van der Waals surface area contributed by atoms with E-state index in [4.69, 9.17) is 0 Å². The molecule has 11 heavy (non-hydrogen) atoms. The highest BCUT2D eigenvalue weighted by Crippen LogP contribution is 1.91. The van der Waals surface area contributed by atoms with Gasteiger partial charge < -0.3 is 0 Å². The predicted octanol–water partition coefficient (Wildman–Crippen LogP) is 2.53. The molecule has 0 N–H and O–H groups in total. The fourth-order valence-electron chi connectivity index (χ4n) is 0.753. The van der Waals surface area contributed by atoms with Gasteiger partial charge in [0.05, 0.1) is 0 Å². The molecule has 0 aliphatic rings. The van der Waals surface area contributed by atoms with Crippen LogP contribution in [0.2, 0.25) is 0 Å². The van der Waals surface area contributed by atoms with Crippen LogP contribution >= 0.6 is 24.8 Å². The molecule has 66 valence electrons. The lowest BCUT2D eigenvalue weighted by Gasteiger charge is -1.95. The normalized spacial score (nSPS) is 8.09. The van der Waals surface area contributed by atoms with Gasteiger partial charge in [0.15, 0.2) is 0 Å². The van der Waals surface area contributed by atoms with Gasteiger partial charge in [-0.25, -0.2) is 0 Å². The van der Waals surface area contributed by atoms with Crippen LogP contribution in [-0.2, 0) is 6.54 Å². The first-order chi connectivity index (χ1) is 4.43. The molecule has 2 nitrogen and oxygen atoms in total. The van der Waals surface area contributed by atoms with Crippen molar-refractivity contribution in [3.05, 3.63) is 18.5 Å². The minimum atomic E-state index is 0. The number of hydrogen-bond acceptors (Lipinski definition) is 1. The van der Waals surface area contributed by atoms with Gasteiger partial charge in [-0.15, -0.1) is 24.8 Å². The summed E-state index contributed by atoms with van der Waals surface area (Å²) in [4.78, 5) is 0. The molecule has 0 aliphatic carbocycles. The average Bonchev–Trinajstić information content (AvgIpc) is 2.34. The number of hydrogen-bond donors (Lipinski definition) is 0. The number of nitrogens with zero attached hydrogens (tertiary/aromatic N) is 2. The smallest absolute Gasteiger partial charge is 0.0489 e. The molecule has 0 bridgehead atoms. The molecule has 0 aromatic carbocycles. The molecule has 0 amide bonds. The van der Waals surface area contributed by atoms with Crippen LogP contribution in [0.5, 0.6) is 0 Å². The Balaban J connectivity index is 0. The zero-order valence-corrected chi connectivity index (χ0v) is 8.20.